The molecule has 0 atom stereocenters. The summed E-state index contributed by atoms with van der Waals surface area (Å²) in [5, 5.41) is 10.1. The average molecular weight is 410 g/mol. The molecular weight excluding hydrogens is 400 g/mol. The van der Waals surface area contributed by atoms with Crippen LogP contribution in [0.4, 0.5) is 0 Å². The fourth-order valence-corrected chi connectivity index (χ4v) is 3.39. The zero-order chi connectivity index (χ0) is 15.0. The summed E-state index contributed by atoms with van der Waals surface area (Å²) in [4.78, 5) is 12.6. The maximum Gasteiger partial charge on any atom is 0.199 e. The molecule has 1 N–H and O–H groups in total. The molecule has 1 heterocycles. The number of phenols is 1. The van der Waals surface area contributed by atoms with Gasteiger partial charge in [-0.15, -0.1) is 0 Å². The van der Waals surface area contributed by atoms with Gasteiger partial charge >= 0.3 is 0 Å². The molecule has 3 nitrogen and oxygen atoms in total. The van der Waals surface area contributed by atoms with Gasteiger partial charge < -0.3 is 9.84 Å². The lowest BCUT2D eigenvalue weighted by atomic mass is 9.96. The van der Waals surface area contributed by atoms with E-state index in [1.165, 1.54) is 6.26 Å². The second kappa shape index (κ2) is 5.66. The van der Waals surface area contributed by atoms with E-state index in [0.717, 1.165) is 17.8 Å². The number of benzene rings is 1. The second-order valence-electron chi connectivity index (χ2n) is 4.64. The number of Topliss-reactive ketones (excluding diaryl/α,β-unsaturated/α-hetero) is 1. The van der Waals surface area contributed by atoms with E-state index in [0.29, 0.717) is 14.5 Å². The summed E-state index contributed by atoms with van der Waals surface area (Å²) in [6, 6.07) is 3.27. The number of aromatic hydroxyl groups is 1. The number of rotatable bonds is 2. The van der Waals surface area contributed by atoms with Crippen LogP contribution in [0.1, 0.15) is 16.8 Å². The lowest BCUT2D eigenvalue weighted by Crippen LogP contribution is -2.09. The number of phenolic OH excluding ortho intramolecular Hbond substituents is 1. The number of hydrogen-bond acceptors (Lipinski definition) is 3. The van der Waals surface area contributed by atoms with Crippen LogP contribution in [-0.2, 0) is 4.74 Å². The number of fused-ring (bicyclic) bond motifs is 1. The van der Waals surface area contributed by atoms with Crippen molar-refractivity contribution in [3.05, 3.63) is 74.1 Å². The highest BCUT2D eigenvalue weighted by molar-refractivity contribution is 9.11. The maximum absolute atomic E-state index is 12.6. The summed E-state index contributed by atoms with van der Waals surface area (Å²) in [5.74, 6) is 0.400. The fourth-order valence-electron chi connectivity index (χ4n) is 2.17. The topological polar surface area (TPSA) is 46.5 Å². The molecule has 0 bridgehead atoms. The van der Waals surface area contributed by atoms with E-state index >= 15 is 0 Å². The summed E-state index contributed by atoms with van der Waals surface area (Å²) in [5.41, 5.74) is 1.59. The first-order valence-electron chi connectivity index (χ1n) is 6.23. The minimum absolute atomic E-state index is 0.0765. The van der Waals surface area contributed by atoms with Gasteiger partial charge in [-0.3, -0.25) is 4.79 Å². The Morgan fingerprint density at radius 2 is 2.10 bits per heavy atom. The highest BCUT2D eigenvalue weighted by Crippen LogP contribution is 2.35. The standard InChI is InChI=1S/C16H10Br2O3/c17-11-6-12(16(20)13(18)7-11)15(19)10-5-9-3-1-2-4-14(9)21-8-10/h1-2,4-8,20H,3H2. The molecule has 0 saturated heterocycles. The molecule has 0 spiro atoms. The molecule has 0 saturated carbocycles. The van der Waals surface area contributed by atoms with E-state index in [-0.39, 0.29) is 17.1 Å². The summed E-state index contributed by atoms with van der Waals surface area (Å²) in [7, 11) is 0. The van der Waals surface area contributed by atoms with Gasteiger partial charge in [-0.2, -0.15) is 0 Å². The summed E-state index contributed by atoms with van der Waals surface area (Å²) in [6.45, 7) is 0. The van der Waals surface area contributed by atoms with Crippen LogP contribution in [-0.4, -0.2) is 10.9 Å². The summed E-state index contributed by atoms with van der Waals surface area (Å²) in [6.07, 6.45) is 9.73. The molecule has 0 radical (unpaired) electrons. The quantitative estimate of drug-likeness (QED) is 0.714. The Kier molecular flexibility index (Phi) is 3.87. The van der Waals surface area contributed by atoms with Crippen molar-refractivity contribution < 1.29 is 14.6 Å². The predicted octanol–water partition coefficient (Wildman–Crippen LogP) is 4.78. The van der Waals surface area contributed by atoms with E-state index in [4.69, 9.17) is 4.74 Å². The van der Waals surface area contributed by atoms with E-state index < -0.39 is 0 Å². The van der Waals surface area contributed by atoms with Gasteiger partial charge in [-0.25, -0.2) is 0 Å². The third kappa shape index (κ3) is 2.76. The first-order chi connectivity index (χ1) is 10.1. The third-order valence-corrected chi connectivity index (χ3v) is 4.28. The van der Waals surface area contributed by atoms with Crippen LogP contribution in [0.2, 0.25) is 0 Å². The van der Waals surface area contributed by atoms with Crippen LogP contribution < -0.4 is 0 Å². The highest BCUT2D eigenvalue weighted by Gasteiger charge is 2.22. The normalized spacial score (nSPS) is 16.4. The lowest BCUT2D eigenvalue weighted by molar-refractivity contribution is 0.103. The molecule has 0 aromatic heterocycles. The first kappa shape index (κ1) is 14.4. The van der Waals surface area contributed by atoms with Gasteiger partial charge in [0.15, 0.2) is 5.78 Å². The van der Waals surface area contributed by atoms with Crippen molar-refractivity contribution in [2.24, 2.45) is 0 Å². The van der Waals surface area contributed by atoms with Crippen molar-refractivity contribution in [2.75, 3.05) is 0 Å². The Morgan fingerprint density at radius 1 is 1.29 bits per heavy atom. The Morgan fingerprint density at radius 3 is 2.90 bits per heavy atom. The van der Waals surface area contributed by atoms with E-state index in [2.05, 4.69) is 31.9 Å². The van der Waals surface area contributed by atoms with Crippen molar-refractivity contribution in [3.63, 3.8) is 0 Å². The van der Waals surface area contributed by atoms with Crippen LogP contribution in [0.25, 0.3) is 0 Å². The predicted molar refractivity (Wildman–Crippen MR) is 86.9 cm³/mol. The number of ether oxygens (including phenoxy) is 1. The molecule has 1 aromatic rings. The molecule has 5 heteroatoms. The molecule has 1 aromatic carbocycles. The van der Waals surface area contributed by atoms with E-state index in [9.17, 15) is 9.90 Å². The summed E-state index contributed by atoms with van der Waals surface area (Å²) < 4.78 is 6.67. The van der Waals surface area contributed by atoms with Crippen LogP contribution in [0, 0.1) is 0 Å². The van der Waals surface area contributed by atoms with E-state index in [1.54, 1.807) is 18.2 Å². The van der Waals surface area contributed by atoms with Crippen molar-refractivity contribution in [3.8, 4) is 5.75 Å². The SMILES string of the molecule is O=C(C1=COC2=CC=CCC2=C1)c1cc(Br)cc(Br)c1O. The monoisotopic (exact) mass is 408 g/mol. The summed E-state index contributed by atoms with van der Waals surface area (Å²) >= 11 is 6.55. The van der Waals surface area contributed by atoms with Crippen LogP contribution in [0.15, 0.2) is 68.5 Å². The Bertz CT molecular complexity index is 755. The van der Waals surface area contributed by atoms with Crippen LogP contribution in [0.3, 0.4) is 0 Å². The molecule has 21 heavy (non-hydrogen) atoms. The zero-order valence-electron chi connectivity index (χ0n) is 10.8. The van der Waals surface area contributed by atoms with Gasteiger partial charge in [0.05, 0.1) is 15.6 Å². The molecular formula is C16H10Br2O3. The largest absolute Gasteiger partial charge is 0.506 e. The fraction of sp³-hybridized carbons (Fsp3) is 0.0625. The minimum atomic E-state index is -0.282. The minimum Gasteiger partial charge on any atom is -0.506 e. The van der Waals surface area contributed by atoms with Gasteiger partial charge in [-0.1, -0.05) is 28.1 Å². The molecule has 0 fully saturated rings. The van der Waals surface area contributed by atoms with Crippen molar-refractivity contribution >= 4 is 37.6 Å². The molecule has 3 rings (SSSR count). The molecule has 0 amide bonds. The molecule has 1 aliphatic heterocycles. The number of halogens is 2. The molecule has 0 unspecified atom stereocenters. The smallest absolute Gasteiger partial charge is 0.199 e. The van der Waals surface area contributed by atoms with Crippen LogP contribution >= 0.6 is 31.9 Å². The Labute approximate surface area is 138 Å². The van der Waals surface area contributed by atoms with Crippen LogP contribution in [0.5, 0.6) is 5.75 Å². The molecule has 106 valence electrons. The average Bonchev–Trinajstić information content (AvgIpc) is 2.49. The van der Waals surface area contributed by atoms with Gasteiger partial charge in [0, 0.05) is 4.47 Å². The molecule has 1 aliphatic carbocycles. The highest BCUT2D eigenvalue weighted by atomic mass is 79.9. The first-order valence-corrected chi connectivity index (χ1v) is 7.82. The number of hydrogen-bond donors (Lipinski definition) is 1. The van der Waals surface area contributed by atoms with Gasteiger partial charge in [-0.05, 0) is 52.2 Å². The Hall–Kier alpha value is -1.59. The van der Waals surface area contributed by atoms with Gasteiger partial charge in [0.25, 0.3) is 0 Å². The molecule has 2 aliphatic rings. The van der Waals surface area contributed by atoms with Gasteiger partial charge in [0.2, 0.25) is 0 Å². The Balaban J connectivity index is 1.98. The number of carbonyl (C=O) groups is 1. The number of ketones is 1. The number of carbonyl (C=O) groups excluding carboxylic acids is 1. The zero-order valence-corrected chi connectivity index (χ0v) is 13.9. The van der Waals surface area contributed by atoms with Crippen molar-refractivity contribution in [1.82, 2.24) is 0 Å². The maximum atomic E-state index is 12.6. The van der Waals surface area contributed by atoms with Gasteiger partial charge in [0.1, 0.15) is 17.8 Å². The number of allylic oxidation sites excluding steroid dienone is 6. The third-order valence-electron chi connectivity index (χ3n) is 3.22. The van der Waals surface area contributed by atoms with Crippen molar-refractivity contribution in [1.29, 1.82) is 0 Å². The lowest BCUT2D eigenvalue weighted by Gasteiger charge is -2.18. The second-order valence-corrected chi connectivity index (χ2v) is 6.41. The van der Waals surface area contributed by atoms with E-state index in [1.807, 2.05) is 18.2 Å². The van der Waals surface area contributed by atoms with Crippen molar-refractivity contribution in [2.45, 2.75) is 6.42 Å².